The average Bonchev–Trinajstić information content (AvgIpc) is 2.61. The normalized spacial score (nSPS) is 20.5. The van der Waals surface area contributed by atoms with E-state index >= 15 is 0 Å². The zero-order valence-electron chi connectivity index (χ0n) is 14.1. The van der Waals surface area contributed by atoms with Crippen molar-refractivity contribution in [3.8, 4) is 5.75 Å². The van der Waals surface area contributed by atoms with Gasteiger partial charge in [-0.3, -0.25) is 4.79 Å². The molecule has 0 N–H and O–H groups in total. The summed E-state index contributed by atoms with van der Waals surface area (Å²) in [6, 6.07) is 7.96. The molecular weight excluding hydrogens is 290 g/mol. The van der Waals surface area contributed by atoms with Crippen molar-refractivity contribution in [1.82, 2.24) is 4.90 Å². The second-order valence-corrected chi connectivity index (χ2v) is 6.69. The largest absolute Gasteiger partial charge is 0.496 e. The van der Waals surface area contributed by atoms with Gasteiger partial charge in [0.15, 0.2) is 0 Å². The summed E-state index contributed by atoms with van der Waals surface area (Å²) in [7, 11) is 1.68. The van der Waals surface area contributed by atoms with Gasteiger partial charge >= 0.3 is 0 Å². The number of aryl methyl sites for hydroxylation is 1. The Labute approximate surface area is 138 Å². The molecule has 1 saturated heterocycles. The summed E-state index contributed by atoms with van der Waals surface area (Å²) in [6.07, 6.45) is 7.16. The van der Waals surface area contributed by atoms with Crippen LogP contribution >= 0.6 is 0 Å². The number of para-hydroxylation sites is 1. The van der Waals surface area contributed by atoms with Gasteiger partial charge in [0, 0.05) is 13.0 Å². The van der Waals surface area contributed by atoms with Gasteiger partial charge in [-0.05, 0) is 30.9 Å². The van der Waals surface area contributed by atoms with Crippen LogP contribution < -0.4 is 4.74 Å². The third kappa shape index (κ3) is 3.52. The van der Waals surface area contributed by atoms with E-state index in [2.05, 4.69) is 4.90 Å². The van der Waals surface area contributed by atoms with Crippen LogP contribution in [-0.4, -0.2) is 43.2 Å². The standard InChI is InChI=1S/C19H27NO3/c1-22-17-8-4-3-7-16(17)9-10-18(21)20-13-14-23-15-19(20)11-5-2-6-12-19/h3-4,7-8H,2,5-6,9-15H2,1H3. The minimum atomic E-state index is -0.0334. The van der Waals surface area contributed by atoms with Gasteiger partial charge in [0.2, 0.25) is 5.91 Å². The van der Waals surface area contributed by atoms with E-state index in [-0.39, 0.29) is 11.4 Å². The molecule has 1 spiro atoms. The van der Waals surface area contributed by atoms with Crippen LogP contribution in [0.4, 0.5) is 0 Å². The number of morpholine rings is 1. The van der Waals surface area contributed by atoms with Crippen molar-refractivity contribution in [2.24, 2.45) is 0 Å². The maximum Gasteiger partial charge on any atom is 0.223 e. The first-order valence-electron chi connectivity index (χ1n) is 8.75. The third-order valence-corrected chi connectivity index (χ3v) is 5.29. The van der Waals surface area contributed by atoms with E-state index in [4.69, 9.17) is 9.47 Å². The lowest BCUT2D eigenvalue weighted by Crippen LogP contribution is -2.59. The fourth-order valence-electron chi connectivity index (χ4n) is 4.03. The highest BCUT2D eigenvalue weighted by Gasteiger charge is 2.42. The smallest absolute Gasteiger partial charge is 0.223 e. The van der Waals surface area contributed by atoms with Crippen molar-refractivity contribution in [2.45, 2.75) is 50.5 Å². The van der Waals surface area contributed by atoms with Gasteiger partial charge < -0.3 is 14.4 Å². The predicted octanol–water partition coefficient (Wildman–Crippen LogP) is 3.19. The Bertz CT molecular complexity index is 529. The molecule has 0 radical (unpaired) electrons. The molecule has 1 aromatic carbocycles. The molecular formula is C19H27NO3. The number of amides is 1. The monoisotopic (exact) mass is 317 g/mol. The first kappa shape index (κ1) is 16.3. The number of hydrogen-bond acceptors (Lipinski definition) is 3. The molecule has 0 bridgehead atoms. The van der Waals surface area contributed by atoms with E-state index in [1.165, 1.54) is 19.3 Å². The van der Waals surface area contributed by atoms with Crippen LogP contribution in [0.5, 0.6) is 5.75 Å². The molecule has 1 amide bonds. The van der Waals surface area contributed by atoms with Crippen LogP contribution in [0.25, 0.3) is 0 Å². The molecule has 1 saturated carbocycles. The van der Waals surface area contributed by atoms with Crippen molar-refractivity contribution in [1.29, 1.82) is 0 Å². The fraction of sp³-hybridized carbons (Fsp3) is 0.632. The summed E-state index contributed by atoms with van der Waals surface area (Å²) in [5, 5.41) is 0. The molecule has 2 fully saturated rings. The predicted molar refractivity (Wildman–Crippen MR) is 89.7 cm³/mol. The zero-order valence-corrected chi connectivity index (χ0v) is 14.1. The minimum Gasteiger partial charge on any atom is -0.496 e. The third-order valence-electron chi connectivity index (χ3n) is 5.29. The number of methoxy groups -OCH3 is 1. The van der Waals surface area contributed by atoms with Crippen LogP contribution in [0.3, 0.4) is 0 Å². The fourth-order valence-corrected chi connectivity index (χ4v) is 4.03. The van der Waals surface area contributed by atoms with Gasteiger partial charge in [-0.1, -0.05) is 37.5 Å². The van der Waals surface area contributed by atoms with Gasteiger partial charge in [0.05, 0.1) is 25.9 Å². The molecule has 126 valence electrons. The van der Waals surface area contributed by atoms with Crippen molar-refractivity contribution >= 4 is 5.91 Å². The van der Waals surface area contributed by atoms with E-state index in [0.29, 0.717) is 19.6 Å². The topological polar surface area (TPSA) is 38.8 Å². The van der Waals surface area contributed by atoms with E-state index in [9.17, 15) is 4.79 Å². The SMILES string of the molecule is COc1ccccc1CCC(=O)N1CCOCC12CCCCC2. The molecule has 2 aliphatic rings. The van der Waals surface area contributed by atoms with Crippen LogP contribution in [-0.2, 0) is 16.0 Å². The summed E-state index contributed by atoms with van der Waals surface area (Å²) < 4.78 is 11.1. The number of nitrogens with zero attached hydrogens (tertiary/aromatic N) is 1. The van der Waals surface area contributed by atoms with E-state index < -0.39 is 0 Å². The summed E-state index contributed by atoms with van der Waals surface area (Å²) >= 11 is 0. The molecule has 1 aliphatic heterocycles. The van der Waals surface area contributed by atoms with Gasteiger partial charge in [-0.2, -0.15) is 0 Å². The minimum absolute atomic E-state index is 0.0334. The highest BCUT2D eigenvalue weighted by molar-refractivity contribution is 5.77. The van der Waals surface area contributed by atoms with Crippen molar-refractivity contribution in [3.63, 3.8) is 0 Å². The second kappa shape index (κ2) is 7.35. The van der Waals surface area contributed by atoms with Gasteiger partial charge in [0.1, 0.15) is 5.75 Å². The Hall–Kier alpha value is -1.55. The maximum absolute atomic E-state index is 12.9. The van der Waals surface area contributed by atoms with E-state index in [0.717, 1.165) is 37.1 Å². The molecule has 1 heterocycles. The number of carbonyl (C=O) groups is 1. The van der Waals surface area contributed by atoms with Gasteiger partial charge in [0.25, 0.3) is 0 Å². The lowest BCUT2D eigenvalue weighted by atomic mass is 9.80. The van der Waals surface area contributed by atoms with E-state index in [1.54, 1.807) is 7.11 Å². The van der Waals surface area contributed by atoms with Crippen LogP contribution in [0, 0.1) is 0 Å². The molecule has 1 aliphatic carbocycles. The van der Waals surface area contributed by atoms with Crippen LogP contribution in [0.1, 0.15) is 44.1 Å². The highest BCUT2D eigenvalue weighted by atomic mass is 16.5. The zero-order chi connectivity index (χ0) is 16.1. The number of rotatable bonds is 4. The number of hydrogen-bond donors (Lipinski definition) is 0. The maximum atomic E-state index is 12.9. The van der Waals surface area contributed by atoms with Crippen molar-refractivity contribution in [3.05, 3.63) is 29.8 Å². The lowest BCUT2D eigenvalue weighted by Gasteiger charge is -2.49. The molecule has 4 nitrogen and oxygen atoms in total. The molecule has 4 heteroatoms. The molecule has 23 heavy (non-hydrogen) atoms. The summed E-state index contributed by atoms with van der Waals surface area (Å²) in [5.74, 6) is 1.13. The Kier molecular flexibility index (Phi) is 5.21. The Morgan fingerprint density at radius 3 is 2.83 bits per heavy atom. The molecule has 3 rings (SSSR count). The van der Waals surface area contributed by atoms with Gasteiger partial charge in [-0.15, -0.1) is 0 Å². The van der Waals surface area contributed by atoms with Crippen LogP contribution in [0.2, 0.25) is 0 Å². The number of carbonyl (C=O) groups excluding carboxylic acids is 1. The summed E-state index contributed by atoms with van der Waals surface area (Å²) in [6.45, 7) is 2.13. The van der Waals surface area contributed by atoms with E-state index in [1.807, 2.05) is 24.3 Å². The van der Waals surface area contributed by atoms with Crippen molar-refractivity contribution < 1.29 is 14.3 Å². The highest BCUT2D eigenvalue weighted by Crippen LogP contribution is 2.36. The Morgan fingerprint density at radius 1 is 1.26 bits per heavy atom. The number of ether oxygens (including phenoxy) is 2. The van der Waals surface area contributed by atoms with Crippen molar-refractivity contribution in [2.75, 3.05) is 26.9 Å². The lowest BCUT2D eigenvalue weighted by molar-refractivity contribution is -0.152. The quantitative estimate of drug-likeness (QED) is 0.856. The molecule has 0 unspecified atom stereocenters. The summed E-state index contributed by atoms with van der Waals surface area (Å²) in [4.78, 5) is 15.0. The van der Waals surface area contributed by atoms with Crippen LogP contribution in [0.15, 0.2) is 24.3 Å². The molecule has 1 aromatic rings. The molecule has 0 aromatic heterocycles. The molecule has 0 atom stereocenters. The summed E-state index contributed by atoms with van der Waals surface area (Å²) in [5.41, 5.74) is 1.07. The van der Waals surface area contributed by atoms with Gasteiger partial charge in [-0.25, -0.2) is 0 Å². The first-order chi connectivity index (χ1) is 11.2. The Morgan fingerprint density at radius 2 is 2.04 bits per heavy atom. The second-order valence-electron chi connectivity index (χ2n) is 6.69. The average molecular weight is 317 g/mol. The first-order valence-corrected chi connectivity index (χ1v) is 8.75. The Balaban J connectivity index is 1.66. The number of benzene rings is 1.